The minimum absolute atomic E-state index is 0.110. The van der Waals surface area contributed by atoms with Crippen molar-refractivity contribution in [2.45, 2.75) is 126 Å². The van der Waals surface area contributed by atoms with Gasteiger partial charge in [0, 0.05) is 37.5 Å². The van der Waals surface area contributed by atoms with Crippen molar-refractivity contribution >= 4 is 77.2 Å². The SMILES string of the molecule is CCCCC(=O)CC(COCCC(=O)NC(COCCC(=O)OC)(COCCC(=O)OC)COCCC(=O)OC)(COCCC(=O)NC(COCCC(=O)OC)(COCCC(=O)OC)COCCC(=O)OC)COCCC(=O)NC(COCCC(=O)OC)(COCCC(=O)OC)COCCC(=O)OC. The molecule has 0 atom stereocenters. The lowest BCUT2D eigenvalue weighted by Crippen LogP contribution is -2.59. The van der Waals surface area contributed by atoms with Gasteiger partial charge in [-0.2, -0.15) is 0 Å². The van der Waals surface area contributed by atoms with Crippen LogP contribution in [-0.2, 0) is 162 Å². The van der Waals surface area contributed by atoms with Gasteiger partial charge in [0.15, 0.2) is 0 Å². The molecule has 600 valence electrons. The molecule has 0 rings (SSSR count). The summed E-state index contributed by atoms with van der Waals surface area (Å²) in [6, 6.07) is 0. The Labute approximate surface area is 607 Å². The summed E-state index contributed by atoms with van der Waals surface area (Å²) in [6.07, 6.45) is -1.57. The van der Waals surface area contributed by atoms with Crippen LogP contribution in [0, 0.1) is 5.41 Å². The topological polar surface area (TPSA) is 452 Å². The second kappa shape index (κ2) is 60.0. The van der Waals surface area contributed by atoms with Crippen molar-refractivity contribution in [1.82, 2.24) is 16.0 Å². The number of amides is 3. The zero-order chi connectivity index (χ0) is 77.8. The van der Waals surface area contributed by atoms with Gasteiger partial charge in [-0.15, -0.1) is 0 Å². The van der Waals surface area contributed by atoms with E-state index in [2.05, 4.69) is 16.0 Å². The highest BCUT2D eigenvalue weighted by atomic mass is 16.6. The molecule has 0 aromatic carbocycles. The van der Waals surface area contributed by atoms with Crippen LogP contribution in [0.4, 0.5) is 0 Å². The minimum atomic E-state index is -1.52. The van der Waals surface area contributed by atoms with Crippen molar-refractivity contribution in [3.63, 3.8) is 0 Å². The first kappa shape index (κ1) is 96.8. The number of esters is 9. The third-order valence-electron chi connectivity index (χ3n) is 14.7. The number of ketones is 1. The number of rotatable bonds is 68. The predicted molar refractivity (Wildman–Crippen MR) is 358 cm³/mol. The summed E-state index contributed by atoms with van der Waals surface area (Å²) >= 11 is 0. The van der Waals surface area contributed by atoms with Crippen LogP contribution in [0.5, 0.6) is 0 Å². The third kappa shape index (κ3) is 48.8. The number of carbonyl (C=O) groups excluding carboxylic acids is 13. The fourth-order valence-corrected chi connectivity index (χ4v) is 9.02. The van der Waals surface area contributed by atoms with Crippen LogP contribution in [0.25, 0.3) is 0 Å². The van der Waals surface area contributed by atoms with Gasteiger partial charge in [-0.3, -0.25) is 62.3 Å². The van der Waals surface area contributed by atoms with Gasteiger partial charge in [-0.1, -0.05) is 13.3 Å². The van der Waals surface area contributed by atoms with Gasteiger partial charge in [0.25, 0.3) is 0 Å². The van der Waals surface area contributed by atoms with Gasteiger partial charge in [0.05, 0.1) is 280 Å². The van der Waals surface area contributed by atoms with Crippen LogP contribution in [0.2, 0.25) is 0 Å². The van der Waals surface area contributed by atoms with E-state index in [-0.39, 0.29) is 254 Å². The van der Waals surface area contributed by atoms with E-state index in [4.69, 9.17) is 99.5 Å². The number of ether oxygens (including phenoxy) is 21. The number of carbonyl (C=O) groups is 13. The Morgan fingerprint density at radius 2 is 0.394 bits per heavy atom. The first-order valence-electron chi connectivity index (χ1n) is 33.8. The molecule has 0 saturated heterocycles. The lowest BCUT2D eigenvalue weighted by Gasteiger charge is -2.35. The Morgan fingerprint density at radius 1 is 0.231 bits per heavy atom. The van der Waals surface area contributed by atoms with Gasteiger partial charge in [-0.25, -0.2) is 0 Å². The molecule has 3 N–H and O–H groups in total. The largest absolute Gasteiger partial charge is 0.469 e. The maximum Gasteiger partial charge on any atom is 0.307 e. The van der Waals surface area contributed by atoms with Crippen LogP contribution in [0.1, 0.15) is 110 Å². The normalized spacial score (nSPS) is 11.6. The van der Waals surface area contributed by atoms with Gasteiger partial charge in [-0.05, 0) is 6.42 Å². The highest BCUT2D eigenvalue weighted by molar-refractivity contribution is 5.80. The second-order valence-electron chi connectivity index (χ2n) is 23.6. The number of unbranched alkanes of at least 4 members (excludes halogenated alkanes) is 1. The number of methoxy groups -OCH3 is 9. The summed E-state index contributed by atoms with van der Waals surface area (Å²) in [7, 11) is 10.8. The van der Waals surface area contributed by atoms with Gasteiger partial charge in [0.2, 0.25) is 17.7 Å². The zero-order valence-electron chi connectivity index (χ0n) is 62.2. The van der Waals surface area contributed by atoms with Gasteiger partial charge < -0.3 is 115 Å². The van der Waals surface area contributed by atoms with E-state index in [9.17, 15) is 62.3 Å². The number of nitrogens with one attached hydrogen (secondary N) is 3. The fourth-order valence-electron chi connectivity index (χ4n) is 9.02. The molecule has 0 aromatic rings. The monoisotopic (exact) mass is 1500 g/mol. The number of hydrogen-bond donors (Lipinski definition) is 3. The second-order valence-corrected chi connectivity index (χ2v) is 23.6. The standard InChI is InChI=1S/C67H113N3O34/c1-11-12-13-51(71)38-64(39-93-26-14-52(72)68-65(42-96-29-17-55(75)84-2,43-97-30-18-56(76)85-3)44-98-31-19-57(77)86-4,40-94-27-15-53(73)69-66(45-99-32-20-58(78)87-5,46-100-33-21-59(79)88-6)47-101-34-22-60(80)89-7)41-95-28-16-54(74)70-67(48-102-35-23-61(81)90-8,49-103-36-24-62(82)91-9)50-104-37-25-63(83)92-10/h11-50H2,1-10H3,(H,68,72)(H,69,73)(H,70,74). The summed E-state index contributed by atoms with van der Waals surface area (Å²) in [5.41, 5.74) is -5.99. The number of Topliss-reactive ketones (excluding diaryl/α,β-unsaturated/α-hetero) is 1. The average molecular weight is 1500 g/mol. The maximum absolute atomic E-state index is 14.1. The van der Waals surface area contributed by atoms with Crippen LogP contribution >= 0.6 is 0 Å². The molecule has 0 bridgehead atoms. The fraction of sp³-hybridized carbons (Fsp3) is 0.806. The van der Waals surface area contributed by atoms with Crippen molar-refractivity contribution in [3.05, 3.63) is 0 Å². The molecular formula is C67H113N3O34. The lowest BCUT2D eigenvalue weighted by atomic mass is 9.84. The molecule has 37 heteroatoms. The predicted octanol–water partition coefficient (Wildman–Crippen LogP) is 0.125. The summed E-state index contributed by atoms with van der Waals surface area (Å²) in [4.78, 5) is 165. The summed E-state index contributed by atoms with van der Waals surface area (Å²) in [5.74, 6) is -7.43. The van der Waals surface area contributed by atoms with Crippen molar-refractivity contribution < 1.29 is 162 Å². The molecule has 0 heterocycles. The molecule has 0 aliphatic carbocycles. The smallest absolute Gasteiger partial charge is 0.307 e. The molecule has 0 radical (unpaired) electrons. The zero-order valence-corrected chi connectivity index (χ0v) is 62.2. The van der Waals surface area contributed by atoms with Crippen LogP contribution < -0.4 is 16.0 Å². The van der Waals surface area contributed by atoms with E-state index in [1.165, 1.54) is 64.0 Å². The maximum atomic E-state index is 14.1. The molecule has 0 aliphatic rings. The molecule has 0 spiro atoms. The molecule has 0 aliphatic heterocycles. The van der Waals surface area contributed by atoms with E-state index in [1.807, 2.05) is 6.92 Å². The molecule has 0 unspecified atom stereocenters. The Morgan fingerprint density at radius 3 is 0.558 bits per heavy atom. The molecule has 3 amide bonds. The third-order valence-corrected chi connectivity index (χ3v) is 14.7. The molecule has 37 nitrogen and oxygen atoms in total. The van der Waals surface area contributed by atoms with E-state index < -0.39 is 93.5 Å². The van der Waals surface area contributed by atoms with Crippen molar-refractivity contribution in [3.8, 4) is 0 Å². The quantitative estimate of drug-likeness (QED) is 0.0414. The van der Waals surface area contributed by atoms with Crippen molar-refractivity contribution in [2.75, 3.05) is 223 Å². The molecule has 0 saturated carbocycles. The first-order valence-corrected chi connectivity index (χ1v) is 33.8. The minimum Gasteiger partial charge on any atom is -0.469 e. The van der Waals surface area contributed by atoms with Gasteiger partial charge >= 0.3 is 53.7 Å². The molecule has 0 fully saturated rings. The highest BCUT2D eigenvalue weighted by Crippen LogP contribution is 2.27. The molecular weight excluding hydrogens is 1390 g/mol. The Hall–Kier alpha value is -7.17. The Bertz CT molecular complexity index is 2080. The summed E-state index contributed by atoms with van der Waals surface area (Å²) in [6.45, 7) is -4.39. The Kier molecular flexibility index (Phi) is 55.9. The van der Waals surface area contributed by atoms with Crippen LogP contribution in [-0.4, -0.2) is 316 Å². The number of hydrogen-bond acceptors (Lipinski definition) is 34. The van der Waals surface area contributed by atoms with Crippen molar-refractivity contribution in [1.29, 1.82) is 0 Å². The van der Waals surface area contributed by atoms with Crippen molar-refractivity contribution in [2.24, 2.45) is 5.41 Å². The van der Waals surface area contributed by atoms with E-state index in [0.717, 1.165) is 0 Å². The van der Waals surface area contributed by atoms with E-state index >= 15 is 0 Å². The summed E-state index contributed by atoms with van der Waals surface area (Å²) in [5, 5.41) is 8.62. The molecule has 0 aromatic heterocycles. The lowest BCUT2D eigenvalue weighted by molar-refractivity contribution is -0.145. The van der Waals surface area contributed by atoms with Crippen LogP contribution in [0.15, 0.2) is 0 Å². The average Bonchev–Trinajstić information content (AvgIpc) is 0.874. The van der Waals surface area contributed by atoms with Gasteiger partial charge in [0.1, 0.15) is 22.4 Å². The summed E-state index contributed by atoms with van der Waals surface area (Å²) < 4.78 is 114. The van der Waals surface area contributed by atoms with E-state index in [1.54, 1.807) is 0 Å². The van der Waals surface area contributed by atoms with Crippen LogP contribution in [0.3, 0.4) is 0 Å². The molecule has 104 heavy (non-hydrogen) atoms. The first-order chi connectivity index (χ1) is 49.8. The Balaban J connectivity index is 7.60. The van der Waals surface area contributed by atoms with E-state index in [0.29, 0.717) is 12.8 Å². The highest BCUT2D eigenvalue weighted by Gasteiger charge is 2.39.